The maximum Gasteiger partial charge on any atom is 0.254 e. The number of hydrogen-bond acceptors (Lipinski definition) is 5. The normalized spacial score (nSPS) is 16.4. The average Bonchev–Trinajstić information content (AvgIpc) is 2.79. The smallest absolute Gasteiger partial charge is 0.254 e. The molecule has 1 aliphatic rings. The van der Waals surface area contributed by atoms with Gasteiger partial charge in [-0.3, -0.25) is 19.6 Å². The second-order valence-corrected chi connectivity index (χ2v) is 6.71. The van der Waals surface area contributed by atoms with Crippen LogP contribution in [0.2, 0.25) is 0 Å². The molecule has 1 aliphatic heterocycles. The van der Waals surface area contributed by atoms with Gasteiger partial charge >= 0.3 is 0 Å². The Bertz CT molecular complexity index is 1020. The fourth-order valence-electron chi connectivity index (χ4n) is 3.36. The van der Waals surface area contributed by atoms with E-state index < -0.39 is 12.0 Å². The Balaban J connectivity index is 1.60. The molecule has 7 heteroatoms. The third kappa shape index (κ3) is 4.00. The monoisotopic (exact) mass is 388 g/mol. The zero-order chi connectivity index (χ0) is 20.2. The Morgan fingerprint density at radius 3 is 2.41 bits per heavy atom. The first-order valence-corrected chi connectivity index (χ1v) is 9.30. The van der Waals surface area contributed by atoms with Gasteiger partial charge in [0.2, 0.25) is 5.91 Å². The zero-order valence-corrected chi connectivity index (χ0v) is 15.7. The molecule has 0 aliphatic carbocycles. The van der Waals surface area contributed by atoms with Crippen molar-refractivity contribution < 1.29 is 14.3 Å². The maximum atomic E-state index is 12.8. The Morgan fingerprint density at radius 1 is 0.966 bits per heavy atom. The molecule has 1 aromatic heterocycles. The van der Waals surface area contributed by atoms with Crippen LogP contribution in [0.3, 0.4) is 0 Å². The van der Waals surface area contributed by atoms with Crippen LogP contribution < -0.4 is 5.73 Å². The van der Waals surface area contributed by atoms with Gasteiger partial charge in [0.15, 0.2) is 0 Å². The van der Waals surface area contributed by atoms with E-state index in [-0.39, 0.29) is 5.91 Å². The van der Waals surface area contributed by atoms with Crippen molar-refractivity contribution in [3.05, 3.63) is 83.8 Å². The average molecular weight is 388 g/mol. The van der Waals surface area contributed by atoms with Crippen LogP contribution in [0.25, 0.3) is 11.3 Å². The topological polar surface area (TPSA) is 98.4 Å². The SMILES string of the molecule is NC(=O)c1ccc(-c2nccnc2C2CN(C(=O)c3ccccc3)CCO2)cc1. The van der Waals surface area contributed by atoms with Gasteiger partial charge in [-0.2, -0.15) is 0 Å². The number of carbonyl (C=O) groups excluding carboxylic acids is 2. The summed E-state index contributed by atoms with van der Waals surface area (Å²) in [7, 11) is 0. The van der Waals surface area contributed by atoms with Gasteiger partial charge in [-0.15, -0.1) is 0 Å². The lowest BCUT2D eigenvalue weighted by Crippen LogP contribution is -2.42. The third-order valence-electron chi connectivity index (χ3n) is 4.85. The number of primary amides is 1. The number of rotatable bonds is 4. The molecule has 0 saturated carbocycles. The maximum absolute atomic E-state index is 12.8. The largest absolute Gasteiger partial charge is 0.368 e. The molecule has 1 unspecified atom stereocenters. The summed E-state index contributed by atoms with van der Waals surface area (Å²) in [4.78, 5) is 34.9. The zero-order valence-electron chi connectivity index (χ0n) is 15.7. The van der Waals surface area contributed by atoms with Crippen molar-refractivity contribution in [3.8, 4) is 11.3 Å². The fourth-order valence-corrected chi connectivity index (χ4v) is 3.36. The van der Waals surface area contributed by atoms with E-state index in [1.807, 2.05) is 18.2 Å². The van der Waals surface area contributed by atoms with E-state index in [2.05, 4.69) is 9.97 Å². The van der Waals surface area contributed by atoms with Crippen molar-refractivity contribution >= 4 is 11.8 Å². The molecule has 7 nitrogen and oxygen atoms in total. The van der Waals surface area contributed by atoms with Crippen LogP contribution in [-0.2, 0) is 4.74 Å². The molecule has 146 valence electrons. The lowest BCUT2D eigenvalue weighted by Gasteiger charge is -2.33. The lowest BCUT2D eigenvalue weighted by atomic mass is 10.0. The number of nitrogens with two attached hydrogens (primary N) is 1. The van der Waals surface area contributed by atoms with E-state index >= 15 is 0 Å². The summed E-state index contributed by atoms with van der Waals surface area (Å²) in [6.07, 6.45) is 2.82. The lowest BCUT2D eigenvalue weighted by molar-refractivity contribution is -0.0246. The molecule has 2 heterocycles. The number of carbonyl (C=O) groups is 2. The van der Waals surface area contributed by atoms with Crippen LogP contribution in [0.1, 0.15) is 32.5 Å². The molecular formula is C22H20N4O3. The summed E-state index contributed by atoms with van der Waals surface area (Å²) in [6.45, 7) is 1.33. The van der Waals surface area contributed by atoms with Gasteiger partial charge in [0, 0.05) is 35.6 Å². The Kier molecular flexibility index (Phi) is 5.31. The number of hydrogen-bond donors (Lipinski definition) is 1. The predicted octanol–water partition coefficient (Wildman–Crippen LogP) is 2.46. The summed E-state index contributed by atoms with van der Waals surface area (Å²) in [5.74, 6) is -0.517. The summed E-state index contributed by atoms with van der Waals surface area (Å²) >= 11 is 0. The van der Waals surface area contributed by atoms with Gasteiger partial charge in [-0.1, -0.05) is 30.3 Å². The fraction of sp³-hybridized carbons (Fsp3) is 0.182. The van der Waals surface area contributed by atoms with Crippen molar-refractivity contribution in [2.45, 2.75) is 6.10 Å². The highest BCUT2D eigenvalue weighted by atomic mass is 16.5. The minimum absolute atomic E-state index is 0.0323. The van der Waals surface area contributed by atoms with Gasteiger partial charge in [-0.05, 0) is 24.3 Å². The highest BCUT2D eigenvalue weighted by Gasteiger charge is 2.29. The summed E-state index contributed by atoms with van der Waals surface area (Å²) in [5, 5.41) is 0. The van der Waals surface area contributed by atoms with Crippen LogP contribution in [0.5, 0.6) is 0 Å². The molecule has 2 N–H and O–H groups in total. The number of morpholine rings is 1. The molecule has 2 amide bonds. The first kappa shape index (κ1) is 18.8. The molecular weight excluding hydrogens is 368 g/mol. The van der Waals surface area contributed by atoms with Crippen molar-refractivity contribution in [3.63, 3.8) is 0 Å². The molecule has 2 aromatic carbocycles. The van der Waals surface area contributed by atoms with E-state index in [0.717, 1.165) is 5.56 Å². The van der Waals surface area contributed by atoms with Crippen molar-refractivity contribution in [2.24, 2.45) is 5.73 Å². The predicted molar refractivity (Wildman–Crippen MR) is 107 cm³/mol. The second-order valence-electron chi connectivity index (χ2n) is 6.71. The van der Waals surface area contributed by atoms with Crippen molar-refractivity contribution in [1.82, 2.24) is 14.9 Å². The van der Waals surface area contributed by atoms with Gasteiger partial charge in [0.25, 0.3) is 5.91 Å². The van der Waals surface area contributed by atoms with Gasteiger partial charge in [-0.25, -0.2) is 0 Å². The van der Waals surface area contributed by atoms with Gasteiger partial charge < -0.3 is 15.4 Å². The molecule has 3 aromatic rings. The van der Waals surface area contributed by atoms with E-state index in [9.17, 15) is 9.59 Å². The van der Waals surface area contributed by atoms with Crippen LogP contribution in [-0.4, -0.2) is 46.4 Å². The highest BCUT2D eigenvalue weighted by molar-refractivity contribution is 5.94. The molecule has 0 bridgehead atoms. The Labute approximate surface area is 168 Å². The molecule has 1 saturated heterocycles. The quantitative estimate of drug-likeness (QED) is 0.740. The number of aromatic nitrogens is 2. The first-order chi connectivity index (χ1) is 14.1. The Morgan fingerprint density at radius 2 is 1.69 bits per heavy atom. The molecule has 29 heavy (non-hydrogen) atoms. The van der Waals surface area contributed by atoms with Crippen LogP contribution in [0, 0.1) is 0 Å². The van der Waals surface area contributed by atoms with Crippen LogP contribution >= 0.6 is 0 Å². The van der Waals surface area contributed by atoms with Gasteiger partial charge in [0.05, 0.1) is 24.5 Å². The van der Waals surface area contributed by atoms with E-state index in [4.69, 9.17) is 10.5 Å². The van der Waals surface area contributed by atoms with Crippen molar-refractivity contribution in [1.29, 1.82) is 0 Å². The summed E-state index contributed by atoms with van der Waals surface area (Å²) in [5.41, 5.74) is 8.50. The minimum atomic E-state index is -0.485. The molecule has 0 radical (unpaired) electrons. The second kappa shape index (κ2) is 8.20. The van der Waals surface area contributed by atoms with Crippen LogP contribution in [0.15, 0.2) is 67.0 Å². The molecule has 1 fully saturated rings. The van der Waals surface area contributed by atoms with Gasteiger partial charge in [0.1, 0.15) is 6.10 Å². The first-order valence-electron chi connectivity index (χ1n) is 9.30. The number of amides is 2. The van der Waals surface area contributed by atoms with E-state index in [1.54, 1.807) is 53.7 Å². The molecule has 0 spiro atoms. The van der Waals surface area contributed by atoms with Crippen LogP contribution in [0.4, 0.5) is 0 Å². The Hall–Kier alpha value is -3.58. The number of nitrogens with zero attached hydrogens (tertiary/aromatic N) is 3. The summed E-state index contributed by atoms with van der Waals surface area (Å²) < 4.78 is 5.93. The third-order valence-corrected chi connectivity index (χ3v) is 4.85. The van der Waals surface area contributed by atoms with E-state index in [1.165, 1.54) is 0 Å². The minimum Gasteiger partial charge on any atom is -0.368 e. The van der Waals surface area contributed by atoms with E-state index in [0.29, 0.717) is 42.2 Å². The standard InChI is InChI=1S/C22H20N4O3/c23-21(27)16-8-6-15(7-9-16)19-20(25-11-10-24-19)18-14-26(12-13-29-18)22(28)17-4-2-1-3-5-17/h1-11,18H,12-14H2,(H2,23,27). The number of ether oxygens (including phenoxy) is 1. The molecule has 1 atom stereocenters. The summed E-state index contributed by atoms with van der Waals surface area (Å²) in [6, 6.07) is 16.1. The van der Waals surface area contributed by atoms with Crippen molar-refractivity contribution in [2.75, 3.05) is 19.7 Å². The highest BCUT2D eigenvalue weighted by Crippen LogP contribution is 2.29. The molecule has 4 rings (SSSR count). The number of benzene rings is 2.